The molecule has 3 rings (SSSR count). The fraction of sp³-hybridized carbons (Fsp3) is 0.200. The van der Waals surface area contributed by atoms with Crippen molar-refractivity contribution in [1.82, 2.24) is 0 Å². The van der Waals surface area contributed by atoms with Gasteiger partial charge in [-0.25, -0.2) is 0 Å². The van der Waals surface area contributed by atoms with Crippen LogP contribution in [0.2, 0.25) is 5.02 Å². The number of hydrogen-bond acceptors (Lipinski definition) is 2. The Balaban J connectivity index is 1.76. The van der Waals surface area contributed by atoms with Crippen molar-refractivity contribution in [2.45, 2.75) is 18.9 Å². The first-order valence-corrected chi connectivity index (χ1v) is 6.38. The highest BCUT2D eigenvalue weighted by atomic mass is 35.5. The molecule has 0 atom stereocenters. The first kappa shape index (κ1) is 11.4. The van der Waals surface area contributed by atoms with Gasteiger partial charge >= 0.3 is 0 Å². The Morgan fingerprint density at radius 1 is 1.06 bits per heavy atom. The Morgan fingerprint density at radius 3 is 2.33 bits per heavy atom. The average molecular weight is 260 g/mol. The van der Waals surface area contributed by atoms with Gasteiger partial charge < -0.3 is 10.5 Å². The highest BCUT2D eigenvalue weighted by Gasteiger charge is 2.22. The summed E-state index contributed by atoms with van der Waals surface area (Å²) in [5, 5.41) is 0.575. The second-order valence-electron chi connectivity index (χ2n) is 4.61. The molecule has 3 heteroatoms. The van der Waals surface area contributed by atoms with E-state index in [2.05, 4.69) is 24.3 Å². The molecule has 2 aromatic rings. The molecule has 0 aromatic heterocycles. The number of rotatable bonds is 2. The third-order valence-electron chi connectivity index (χ3n) is 3.26. The van der Waals surface area contributed by atoms with Crippen LogP contribution in [0.5, 0.6) is 5.75 Å². The molecule has 2 N–H and O–H groups in total. The van der Waals surface area contributed by atoms with E-state index in [-0.39, 0.29) is 6.10 Å². The Kier molecular flexibility index (Phi) is 2.88. The van der Waals surface area contributed by atoms with Crippen LogP contribution >= 0.6 is 11.6 Å². The predicted molar refractivity (Wildman–Crippen MR) is 74.1 cm³/mol. The van der Waals surface area contributed by atoms with Crippen LogP contribution in [0.3, 0.4) is 0 Å². The first-order valence-electron chi connectivity index (χ1n) is 6.01. The third kappa shape index (κ3) is 2.16. The van der Waals surface area contributed by atoms with E-state index in [4.69, 9.17) is 22.1 Å². The molecular weight excluding hydrogens is 246 g/mol. The molecule has 0 spiro atoms. The van der Waals surface area contributed by atoms with Gasteiger partial charge in [0.05, 0.1) is 5.02 Å². The smallest absolute Gasteiger partial charge is 0.138 e. The van der Waals surface area contributed by atoms with Crippen molar-refractivity contribution in [2.24, 2.45) is 0 Å². The summed E-state index contributed by atoms with van der Waals surface area (Å²) in [5.74, 6) is 0.712. The SMILES string of the molecule is Nc1ccc(OC2Cc3ccccc3C2)c(Cl)c1. The maximum Gasteiger partial charge on any atom is 0.138 e. The van der Waals surface area contributed by atoms with E-state index in [0.29, 0.717) is 16.5 Å². The molecule has 2 aromatic carbocycles. The molecule has 1 aliphatic rings. The Labute approximate surface area is 111 Å². The van der Waals surface area contributed by atoms with Gasteiger partial charge in [0.25, 0.3) is 0 Å². The van der Waals surface area contributed by atoms with Gasteiger partial charge in [-0.3, -0.25) is 0 Å². The minimum atomic E-state index is 0.170. The lowest BCUT2D eigenvalue weighted by Crippen LogP contribution is -2.16. The third-order valence-corrected chi connectivity index (χ3v) is 3.56. The zero-order chi connectivity index (χ0) is 12.5. The standard InChI is InChI=1S/C15H14ClNO/c16-14-9-12(17)5-6-15(14)18-13-7-10-3-1-2-4-11(10)8-13/h1-6,9,13H,7-8,17H2. The molecule has 18 heavy (non-hydrogen) atoms. The maximum absolute atomic E-state index is 6.11. The number of benzene rings is 2. The Morgan fingerprint density at radius 2 is 1.72 bits per heavy atom. The Hall–Kier alpha value is -1.67. The lowest BCUT2D eigenvalue weighted by molar-refractivity contribution is 0.214. The van der Waals surface area contributed by atoms with Crippen molar-refractivity contribution in [2.75, 3.05) is 5.73 Å². The van der Waals surface area contributed by atoms with Gasteiger partial charge in [-0.05, 0) is 29.3 Å². The van der Waals surface area contributed by atoms with Crippen LogP contribution in [-0.2, 0) is 12.8 Å². The van der Waals surface area contributed by atoms with E-state index in [1.165, 1.54) is 11.1 Å². The summed E-state index contributed by atoms with van der Waals surface area (Å²) >= 11 is 6.11. The van der Waals surface area contributed by atoms with Gasteiger partial charge in [0.1, 0.15) is 11.9 Å². The second-order valence-corrected chi connectivity index (χ2v) is 5.01. The molecule has 1 aliphatic carbocycles. The highest BCUT2D eigenvalue weighted by Crippen LogP contribution is 2.31. The zero-order valence-electron chi connectivity index (χ0n) is 9.90. The van der Waals surface area contributed by atoms with Gasteiger partial charge in [0, 0.05) is 18.5 Å². The van der Waals surface area contributed by atoms with Crippen LogP contribution in [0.1, 0.15) is 11.1 Å². The van der Waals surface area contributed by atoms with Crippen molar-refractivity contribution >= 4 is 17.3 Å². The molecule has 0 saturated carbocycles. The van der Waals surface area contributed by atoms with Crippen LogP contribution in [0.15, 0.2) is 42.5 Å². The van der Waals surface area contributed by atoms with E-state index >= 15 is 0 Å². The van der Waals surface area contributed by atoms with Crippen molar-refractivity contribution in [3.63, 3.8) is 0 Å². The average Bonchev–Trinajstić information content (AvgIpc) is 2.75. The van der Waals surface area contributed by atoms with Crippen molar-refractivity contribution in [3.05, 3.63) is 58.6 Å². The normalized spacial score (nSPS) is 14.5. The number of anilines is 1. The lowest BCUT2D eigenvalue weighted by Gasteiger charge is -2.14. The summed E-state index contributed by atoms with van der Waals surface area (Å²) in [6.45, 7) is 0. The molecule has 0 fully saturated rings. The molecule has 2 nitrogen and oxygen atoms in total. The van der Waals surface area contributed by atoms with E-state index in [1.54, 1.807) is 6.07 Å². The minimum Gasteiger partial charge on any atom is -0.488 e. The summed E-state index contributed by atoms with van der Waals surface area (Å²) in [4.78, 5) is 0. The van der Waals surface area contributed by atoms with Gasteiger partial charge in [-0.1, -0.05) is 35.9 Å². The van der Waals surface area contributed by atoms with E-state index in [9.17, 15) is 0 Å². The summed E-state index contributed by atoms with van der Waals surface area (Å²) in [5.41, 5.74) is 9.06. The number of halogens is 1. The largest absolute Gasteiger partial charge is 0.488 e. The molecular formula is C15H14ClNO. The van der Waals surface area contributed by atoms with Crippen LogP contribution in [0.25, 0.3) is 0 Å². The van der Waals surface area contributed by atoms with E-state index < -0.39 is 0 Å². The number of fused-ring (bicyclic) bond motifs is 1. The fourth-order valence-electron chi connectivity index (χ4n) is 2.39. The monoisotopic (exact) mass is 259 g/mol. The highest BCUT2D eigenvalue weighted by molar-refractivity contribution is 6.32. The summed E-state index contributed by atoms with van der Waals surface area (Å²) in [6.07, 6.45) is 2.05. The van der Waals surface area contributed by atoms with Gasteiger partial charge in [-0.2, -0.15) is 0 Å². The number of nitrogens with two attached hydrogens (primary N) is 1. The van der Waals surface area contributed by atoms with Gasteiger partial charge in [0.2, 0.25) is 0 Å². The topological polar surface area (TPSA) is 35.2 Å². The quantitative estimate of drug-likeness (QED) is 0.839. The molecule has 0 bridgehead atoms. The van der Waals surface area contributed by atoms with Gasteiger partial charge in [0.15, 0.2) is 0 Å². The van der Waals surface area contributed by atoms with Crippen molar-refractivity contribution < 1.29 is 4.74 Å². The number of ether oxygens (including phenoxy) is 1. The number of hydrogen-bond donors (Lipinski definition) is 1. The molecule has 92 valence electrons. The van der Waals surface area contributed by atoms with Crippen LogP contribution < -0.4 is 10.5 Å². The maximum atomic E-state index is 6.11. The summed E-state index contributed by atoms with van der Waals surface area (Å²) in [6, 6.07) is 13.8. The van der Waals surface area contributed by atoms with E-state index in [1.807, 2.05) is 12.1 Å². The molecule has 0 saturated heterocycles. The van der Waals surface area contributed by atoms with Crippen molar-refractivity contribution in [3.8, 4) is 5.75 Å². The molecule has 0 amide bonds. The summed E-state index contributed by atoms with van der Waals surface area (Å²) < 4.78 is 5.96. The lowest BCUT2D eigenvalue weighted by atomic mass is 10.1. The Bertz CT molecular complexity index is 557. The molecule has 0 aliphatic heterocycles. The number of nitrogen functional groups attached to an aromatic ring is 1. The predicted octanol–water partition coefficient (Wildman–Crippen LogP) is 3.47. The van der Waals surface area contributed by atoms with Crippen LogP contribution in [0.4, 0.5) is 5.69 Å². The summed E-state index contributed by atoms with van der Waals surface area (Å²) in [7, 11) is 0. The first-order chi connectivity index (χ1) is 8.72. The van der Waals surface area contributed by atoms with Gasteiger partial charge in [-0.15, -0.1) is 0 Å². The fourth-order valence-corrected chi connectivity index (χ4v) is 2.63. The van der Waals surface area contributed by atoms with Crippen LogP contribution in [0, 0.1) is 0 Å². The molecule has 0 radical (unpaired) electrons. The zero-order valence-corrected chi connectivity index (χ0v) is 10.7. The van der Waals surface area contributed by atoms with E-state index in [0.717, 1.165) is 12.8 Å². The minimum absolute atomic E-state index is 0.170. The van der Waals surface area contributed by atoms with Crippen molar-refractivity contribution in [1.29, 1.82) is 0 Å². The second kappa shape index (κ2) is 4.54. The molecule has 0 heterocycles. The molecule has 0 unspecified atom stereocenters. The van der Waals surface area contributed by atoms with Crippen LogP contribution in [-0.4, -0.2) is 6.10 Å².